The average Bonchev–Trinajstić information content (AvgIpc) is 3.23. The quantitative estimate of drug-likeness (QED) is 0.403. The van der Waals surface area contributed by atoms with Crippen LogP contribution < -0.4 is 4.74 Å². The van der Waals surface area contributed by atoms with E-state index in [1.807, 2.05) is 30.3 Å². The van der Waals surface area contributed by atoms with Gasteiger partial charge in [-0.25, -0.2) is 9.80 Å². The van der Waals surface area contributed by atoms with Crippen molar-refractivity contribution in [1.82, 2.24) is 5.01 Å². The lowest BCUT2D eigenvalue weighted by Gasteiger charge is -2.12. The molecule has 0 saturated heterocycles. The van der Waals surface area contributed by atoms with Gasteiger partial charge in [0.25, 0.3) is 5.91 Å². The summed E-state index contributed by atoms with van der Waals surface area (Å²) in [6.07, 6.45) is 0.606. The summed E-state index contributed by atoms with van der Waals surface area (Å²) in [4.78, 5) is 35.0. The maximum absolute atomic E-state index is 12.3. The molecule has 9 nitrogen and oxygen atoms in total. The van der Waals surface area contributed by atoms with Crippen molar-refractivity contribution in [2.75, 3.05) is 19.8 Å². The molecule has 0 spiro atoms. The number of amides is 1. The molecular weight excluding hydrogens is 378 g/mol. The molecule has 150 valence electrons. The van der Waals surface area contributed by atoms with Crippen LogP contribution in [-0.2, 0) is 9.53 Å². The van der Waals surface area contributed by atoms with Crippen molar-refractivity contribution >= 4 is 23.3 Å². The van der Waals surface area contributed by atoms with Gasteiger partial charge in [-0.3, -0.25) is 14.9 Å². The van der Waals surface area contributed by atoms with Crippen molar-refractivity contribution in [3.8, 4) is 5.75 Å². The minimum atomic E-state index is -0.837. The number of nitrogens with zero attached hydrogens (tertiary/aromatic N) is 3. The van der Waals surface area contributed by atoms with E-state index in [1.165, 1.54) is 17.1 Å². The lowest BCUT2D eigenvalue weighted by atomic mass is 10.1. The summed E-state index contributed by atoms with van der Waals surface area (Å²) in [7, 11) is 0. The van der Waals surface area contributed by atoms with E-state index in [9.17, 15) is 19.7 Å². The highest BCUT2D eigenvalue weighted by molar-refractivity contribution is 6.02. The number of ether oxygens (including phenoxy) is 2. The van der Waals surface area contributed by atoms with Crippen LogP contribution >= 0.6 is 0 Å². The van der Waals surface area contributed by atoms with Crippen molar-refractivity contribution < 1.29 is 24.0 Å². The fraction of sp³-hybridized carbons (Fsp3) is 0.250. The zero-order chi connectivity index (χ0) is 20.8. The fourth-order valence-corrected chi connectivity index (χ4v) is 2.82. The van der Waals surface area contributed by atoms with Gasteiger partial charge in [-0.15, -0.1) is 0 Å². The summed E-state index contributed by atoms with van der Waals surface area (Å²) in [5, 5.41) is 16.7. The molecule has 0 fully saturated rings. The molecule has 1 aliphatic heterocycles. The number of nitro benzene ring substituents is 1. The Bertz CT molecular complexity index is 958. The van der Waals surface area contributed by atoms with E-state index in [-0.39, 0.29) is 23.6 Å². The van der Waals surface area contributed by atoms with Gasteiger partial charge in [-0.2, -0.15) is 5.10 Å². The first-order valence-corrected chi connectivity index (χ1v) is 9.01. The molecule has 1 amide bonds. The van der Waals surface area contributed by atoms with Gasteiger partial charge in [0.15, 0.2) is 12.4 Å². The Morgan fingerprint density at radius 1 is 1.21 bits per heavy atom. The van der Waals surface area contributed by atoms with Gasteiger partial charge in [0.2, 0.25) is 0 Å². The van der Waals surface area contributed by atoms with E-state index < -0.39 is 23.4 Å². The number of rotatable bonds is 7. The van der Waals surface area contributed by atoms with Crippen molar-refractivity contribution in [3.05, 3.63) is 69.8 Å². The van der Waals surface area contributed by atoms with Crippen LogP contribution in [0.1, 0.15) is 29.3 Å². The maximum Gasteiger partial charge on any atom is 0.338 e. The van der Waals surface area contributed by atoms with Gasteiger partial charge in [0.05, 0.1) is 29.4 Å². The first-order chi connectivity index (χ1) is 14.0. The highest BCUT2D eigenvalue weighted by atomic mass is 16.6. The van der Waals surface area contributed by atoms with Crippen LogP contribution in [0.15, 0.2) is 53.6 Å². The van der Waals surface area contributed by atoms with E-state index >= 15 is 0 Å². The lowest BCUT2D eigenvalue weighted by Crippen LogP contribution is -2.28. The summed E-state index contributed by atoms with van der Waals surface area (Å²) in [5.74, 6) is -1.24. The van der Waals surface area contributed by atoms with Crippen molar-refractivity contribution in [2.45, 2.75) is 13.3 Å². The number of carbonyl (C=O) groups is 2. The normalized spacial score (nSPS) is 13.0. The molecule has 0 saturated carbocycles. The van der Waals surface area contributed by atoms with Crippen LogP contribution in [0.4, 0.5) is 5.69 Å². The smallest absolute Gasteiger partial charge is 0.338 e. The summed E-state index contributed by atoms with van der Waals surface area (Å²) in [6, 6.07) is 13.2. The van der Waals surface area contributed by atoms with Gasteiger partial charge < -0.3 is 9.47 Å². The zero-order valence-corrected chi connectivity index (χ0v) is 15.7. The molecule has 0 N–H and O–H groups in total. The number of hydrogen-bond donors (Lipinski definition) is 0. The second-order valence-electron chi connectivity index (χ2n) is 6.13. The number of benzene rings is 2. The lowest BCUT2D eigenvalue weighted by molar-refractivity contribution is -0.385. The first kappa shape index (κ1) is 20.0. The zero-order valence-electron chi connectivity index (χ0n) is 15.7. The molecule has 0 aliphatic carbocycles. The summed E-state index contributed by atoms with van der Waals surface area (Å²) < 4.78 is 10.2. The van der Waals surface area contributed by atoms with Crippen LogP contribution in [0, 0.1) is 10.1 Å². The van der Waals surface area contributed by atoms with E-state index in [0.717, 1.165) is 17.3 Å². The second kappa shape index (κ2) is 8.96. The number of hydrazone groups is 1. The summed E-state index contributed by atoms with van der Waals surface area (Å²) >= 11 is 0. The molecule has 3 rings (SSSR count). The number of hydrogen-bond acceptors (Lipinski definition) is 7. The van der Waals surface area contributed by atoms with Crippen molar-refractivity contribution in [3.63, 3.8) is 0 Å². The Hall–Kier alpha value is -3.75. The predicted molar refractivity (Wildman–Crippen MR) is 104 cm³/mol. The summed E-state index contributed by atoms with van der Waals surface area (Å²) in [5.41, 5.74) is 1.33. The molecule has 1 heterocycles. The minimum Gasteiger partial charge on any atom is -0.487 e. The van der Waals surface area contributed by atoms with Gasteiger partial charge in [0.1, 0.15) is 0 Å². The topological polar surface area (TPSA) is 111 Å². The SMILES string of the molecule is CCOc1ccc(C(=O)OCC(=O)N2CCC(c3ccccc3)=N2)cc1[N+](=O)[O-]. The molecule has 1 aliphatic rings. The molecule has 9 heteroatoms. The van der Waals surface area contributed by atoms with Crippen molar-refractivity contribution in [1.29, 1.82) is 0 Å². The molecule has 2 aromatic rings. The minimum absolute atomic E-state index is 0.0390. The Balaban J connectivity index is 1.62. The molecule has 0 aromatic heterocycles. The molecule has 0 radical (unpaired) electrons. The highest BCUT2D eigenvalue weighted by Gasteiger charge is 2.24. The van der Waals surface area contributed by atoms with Gasteiger partial charge in [-0.05, 0) is 24.6 Å². The molecular formula is C20H19N3O6. The second-order valence-corrected chi connectivity index (χ2v) is 6.13. The molecule has 2 aromatic carbocycles. The standard InChI is InChI=1S/C20H19N3O6/c1-2-28-18-9-8-15(12-17(18)23(26)27)20(25)29-13-19(24)22-11-10-16(21-22)14-6-4-3-5-7-14/h3-9,12H,2,10-11,13H2,1H3. The van der Waals surface area contributed by atoms with Crippen LogP contribution in [0.3, 0.4) is 0 Å². The molecule has 0 bridgehead atoms. The third kappa shape index (κ3) is 4.75. The third-order valence-electron chi connectivity index (χ3n) is 4.21. The Kier molecular flexibility index (Phi) is 6.18. The molecule has 0 unspecified atom stereocenters. The van der Waals surface area contributed by atoms with Gasteiger partial charge in [0, 0.05) is 12.5 Å². The molecule has 0 atom stereocenters. The largest absolute Gasteiger partial charge is 0.487 e. The Morgan fingerprint density at radius 2 is 1.97 bits per heavy atom. The van der Waals surface area contributed by atoms with E-state index in [2.05, 4.69) is 5.10 Å². The average molecular weight is 397 g/mol. The molecule has 29 heavy (non-hydrogen) atoms. The van der Waals surface area contributed by atoms with Crippen LogP contribution in [0.25, 0.3) is 0 Å². The van der Waals surface area contributed by atoms with Gasteiger partial charge in [-0.1, -0.05) is 30.3 Å². The van der Waals surface area contributed by atoms with E-state index in [4.69, 9.17) is 9.47 Å². The van der Waals surface area contributed by atoms with Crippen LogP contribution in [0.2, 0.25) is 0 Å². The monoisotopic (exact) mass is 397 g/mol. The van der Waals surface area contributed by atoms with E-state index in [0.29, 0.717) is 13.0 Å². The van der Waals surface area contributed by atoms with Crippen LogP contribution in [0.5, 0.6) is 5.75 Å². The number of carbonyl (C=O) groups excluding carboxylic acids is 2. The van der Waals surface area contributed by atoms with E-state index in [1.54, 1.807) is 6.92 Å². The predicted octanol–water partition coefficient (Wildman–Crippen LogP) is 2.79. The fourth-order valence-electron chi connectivity index (χ4n) is 2.82. The van der Waals surface area contributed by atoms with Crippen molar-refractivity contribution in [2.24, 2.45) is 5.10 Å². The number of nitro groups is 1. The first-order valence-electron chi connectivity index (χ1n) is 9.01. The summed E-state index contributed by atoms with van der Waals surface area (Å²) in [6.45, 7) is 1.84. The number of esters is 1. The maximum atomic E-state index is 12.3. The highest BCUT2D eigenvalue weighted by Crippen LogP contribution is 2.28. The third-order valence-corrected chi connectivity index (χ3v) is 4.21. The Morgan fingerprint density at radius 3 is 2.66 bits per heavy atom. The Labute approximate surface area is 166 Å². The van der Waals surface area contributed by atoms with Crippen LogP contribution in [-0.4, -0.2) is 47.3 Å². The van der Waals surface area contributed by atoms with Gasteiger partial charge >= 0.3 is 11.7 Å².